The molecule has 2 aromatic carbocycles. The molecule has 0 fully saturated rings. The van der Waals surface area contributed by atoms with Gasteiger partial charge in [0.25, 0.3) is 5.91 Å². The number of nitrogens with one attached hydrogen (secondary N) is 1. The molecule has 0 radical (unpaired) electrons. The first kappa shape index (κ1) is 14.5. The van der Waals surface area contributed by atoms with Gasteiger partial charge in [-0.2, -0.15) is 0 Å². The molecule has 0 unspecified atom stereocenters. The zero-order chi connectivity index (χ0) is 14.8. The van der Waals surface area contributed by atoms with Crippen LogP contribution in [0.5, 0.6) is 0 Å². The van der Waals surface area contributed by atoms with E-state index < -0.39 is 0 Å². The first-order valence-corrected chi connectivity index (χ1v) is 8.12. The molecule has 3 rings (SSSR count). The number of amides is 1. The van der Waals surface area contributed by atoms with Gasteiger partial charge in [-0.3, -0.25) is 9.78 Å². The lowest BCUT2D eigenvalue weighted by molar-refractivity contribution is 0.102. The molecule has 1 heterocycles. The average molecular weight is 453 g/mol. The van der Waals surface area contributed by atoms with Gasteiger partial charge in [0.15, 0.2) is 0 Å². The number of anilines is 1. The first-order chi connectivity index (χ1) is 10.1. The van der Waals surface area contributed by atoms with E-state index in [-0.39, 0.29) is 5.91 Å². The maximum absolute atomic E-state index is 12.4. The Morgan fingerprint density at radius 1 is 1.14 bits per heavy atom. The van der Waals surface area contributed by atoms with Crippen molar-refractivity contribution in [1.82, 2.24) is 4.98 Å². The van der Waals surface area contributed by atoms with Gasteiger partial charge in [0, 0.05) is 19.6 Å². The van der Waals surface area contributed by atoms with E-state index in [0.717, 1.165) is 18.9 Å². The summed E-state index contributed by atoms with van der Waals surface area (Å²) in [5.74, 6) is -0.128. The van der Waals surface area contributed by atoms with Crippen LogP contribution in [0.3, 0.4) is 0 Å². The largest absolute Gasteiger partial charge is 0.320 e. The van der Waals surface area contributed by atoms with E-state index in [1.807, 2.05) is 48.5 Å². The van der Waals surface area contributed by atoms with Crippen molar-refractivity contribution >= 4 is 61.0 Å². The second-order valence-corrected chi connectivity index (χ2v) is 6.54. The number of fused-ring (bicyclic) bond motifs is 1. The molecular formula is C16H10BrIN2O. The summed E-state index contributed by atoms with van der Waals surface area (Å²) < 4.78 is 1.83. The van der Waals surface area contributed by atoms with Crippen molar-refractivity contribution in [2.24, 2.45) is 0 Å². The predicted molar refractivity (Wildman–Crippen MR) is 96.6 cm³/mol. The van der Waals surface area contributed by atoms with Crippen molar-refractivity contribution in [2.45, 2.75) is 0 Å². The minimum atomic E-state index is -0.128. The van der Waals surface area contributed by atoms with Crippen LogP contribution in [-0.4, -0.2) is 10.9 Å². The fraction of sp³-hybridized carbons (Fsp3) is 0. The highest BCUT2D eigenvalue weighted by Crippen LogP contribution is 2.24. The molecule has 21 heavy (non-hydrogen) atoms. The normalized spacial score (nSPS) is 10.6. The van der Waals surface area contributed by atoms with Crippen molar-refractivity contribution in [3.05, 3.63) is 68.3 Å². The number of rotatable bonds is 2. The average Bonchev–Trinajstić information content (AvgIpc) is 2.47. The summed E-state index contributed by atoms with van der Waals surface area (Å²) >= 11 is 5.56. The lowest BCUT2D eigenvalue weighted by Gasteiger charge is -2.09. The van der Waals surface area contributed by atoms with E-state index in [9.17, 15) is 4.79 Å². The third kappa shape index (κ3) is 3.08. The molecule has 0 aliphatic carbocycles. The van der Waals surface area contributed by atoms with Crippen molar-refractivity contribution in [3.63, 3.8) is 0 Å². The number of hydrogen-bond donors (Lipinski definition) is 1. The van der Waals surface area contributed by atoms with Crippen LogP contribution in [0, 0.1) is 3.57 Å². The monoisotopic (exact) mass is 452 g/mol. The summed E-state index contributed by atoms with van der Waals surface area (Å²) in [6.45, 7) is 0. The van der Waals surface area contributed by atoms with Gasteiger partial charge < -0.3 is 5.32 Å². The summed E-state index contributed by atoms with van der Waals surface area (Å²) in [5.41, 5.74) is 2.15. The maximum Gasteiger partial charge on any atom is 0.256 e. The van der Waals surface area contributed by atoms with Crippen LogP contribution >= 0.6 is 38.5 Å². The zero-order valence-electron chi connectivity index (χ0n) is 10.8. The molecule has 3 nitrogen and oxygen atoms in total. The Morgan fingerprint density at radius 3 is 2.76 bits per heavy atom. The van der Waals surface area contributed by atoms with Crippen molar-refractivity contribution in [1.29, 1.82) is 0 Å². The van der Waals surface area contributed by atoms with Gasteiger partial charge in [0.05, 0.1) is 16.8 Å². The molecule has 0 saturated carbocycles. The fourth-order valence-electron chi connectivity index (χ4n) is 2.07. The van der Waals surface area contributed by atoms with Gasteiger partial charge in [0.1, 0.15) is 0 Å². The van der Waals surface area contributed by atoms with E-state index in [2.05, 4.69) is 48.8 Å². The molecule has 3 aromatic rings. The van der Waals surface area contributed by atoms with E-state index in [1.165, 1.54) is 0 Å². The lowest BCUT2D eigenvalue weighted by Crippen LogP contribution is -2.13. The first-order valence-electron chi connectivity index (χ1n) is 6.25. The van der Waals surface area contributed by atoms with Gasteiger partial charge in [-0.1, -0.05) is 24.3 Å². The van der Waals surface area contributed by atoms with Gasteiger partial charge in [0.2, 0.25) is 0 Å². The van der Waals surface area contributed by atoms with Crippen LogP contribution in [0.15, 0.2) is 59.2 Å². The Kier molecular flexibility index (Phi) is 4.21. The summed E-state index contributed by atoms with van der Waals surface area (Å²) in [7, 11) is 0. The lowest BCUT2D eigenvalue weighted by atomic mass is 10.1. The highest BCUT2D eigenvalue weighted by Gasteiger charge is 2.11. The third-order valence-corrected chi connectivity index (χ3v) is 4.42. The summed E-state index contributed by atoms with van der Waals surface area (Å²) in [4.78, 5) is 16.8. The fourth-order valence-corrected chi connectivity index (χ4v) is 3.05. The van der Waals surface area contributed by atoms with E-state index in [0.29, 0.717) is 11.3 Å². The minimum absolute atomic E-state index is 0.128. The number of benzene rings is 2. The van der Waals surface area contributed by atoms with Gasteiger partial charge in [-0.25, -0.2) is 0 Å². The highest BCUT2D eigenvalue weighted by atomic mass is 127. The van der Waals surface area contributed by atoms with Gasteiger partial charge in [-0.15, -0.1) is 0 Å². The van der Waals surface area contributed by atoms with E-state index in [4.69, 9.17) is 0 Å². The second kappa shape index (κ2) is 6.11. The maximum atomic E-state index is 12.4. The molecule has 0 saturated heterocycles. The molecule has 1 amide bonds. The second-order valence-electron chi connectivity index (χ2n) is 4.46. The predicted octanol–water partition coefficient (Wildman–Crippen LogP) is 4.85. The number of halogens is 2. The molecule has 1 aromatic heterocycles. The number of carbonyl (C=O) groups excluding carboxylic acids is 1. The Labute approximate surface area is 144 Å². The quantitative estimate of drug-likeness (QED) is 0.564. The topological polar surface area (TPSA) is 42.0 Å². The van der Waals surface area contributed by atoms with Crippen molar-refractivity contribution in [3.8, 4) is 0 Å². The number of hydrogen-bond acceptors (Lipinski definition) is 2. The number of aromatic nitrogens is 1. The van der Waals surface area contributed by atoms with E-state index in [1.54, 1.807) is 6.20 Å². The molecule has 1 N–H and O–H groups in total. The Bertz CT molecular complexity index is 835. The molecule has 0 bridgehead atoms. The standard InChI is InChI=1S/C16H10BrIN2O/c17-11-8-10-4-3-7-14(15(10)19-9-11)20-16(21)12-5-1-2-6-13(12)18/h1-9H,(H,20,21). The smallest absolute Gasteiger partial charge is 0.256 e. The molecule has 0 atom stereocenters. The Morgan fingerprint density at radius 2 is 1.95 bits per heavy atom. The van der Waals surface area contributed by atoms with Crippen LogP contribution in [0.25, 0.3) is 10.9 Å². The van der Waals surface area contributed by atoms with E-state index >= 15 is 0 Å². The highest BCUT2D eigenvalue weighted by molar-refractivity contribution is 14.1. The Hall–Kier alpha value is -1.47. The van der Waals surface area contributed by atoms with Crippen LogP contribution < -0.4 is 5.32 Å². The van der Waals surface area contributed by atoms with Crippen LogP contribution in [0.4, 0.5) is 5.69 Å². The zero-order valence-corrected chi connectivity index (χ0v) is 14.6. The third-order valence-electron chi connectivity index (χ3n) is 3.04. The van der Waals surface area contributed by atoms with Crippen LogP contribution in [-0.2, 0) is 0 Å². The Balaban J connectivity index is 1.99. The SMILES string of the molecule is O=C(Nc1cccc2cc(Br)cnc12)c1ccccc1I. The van der Waals surface area contributed by atoms with Crippen LogP contribution in [0.1, 0.15) is 10.4 Å². The number of nitrogens with zero attached hydrogens (tertiary/aromatic N) is 1. The molecule has 0 spiro atoms. The number of carbonyl (C=O) groups is 1. The number of pyridine rings is 1. The minimum Gasteiger partial charge on any atom is -0.320 e. The molecule has 5 heteroatoms. The number of para-hydroxylation sites is 1. The molecule has 0 aliphatic heterocycles. The summed E-state index contributed by atoms with van der Waals surface area (Å²) in [5, 5.41) is 3.92. The van der Waals surface area contributed by atoms with Crippen molar-refractivity contribution in [2.75, 3.05) is 5.32 Å². The summed E-state index contributed by atoms with van der Waals surface area (Å²) in [6.07, 6.45) is 1.73. The summed E-state index contributed by atoms with van der Waals surface area (Å²) in [6, 6.07) is 15.2. The molecule has 104 valence electrons. The molecular weight excluding hydrogens is 443 g/mol. The van der Waals surface area contributed by atoms with Gasteiger partial charge >= 0.3 is 0 Å². The van der Waals surface area contributed by atoms with Crippen molar-refractivity contribution < 1.29 is 4.79 Å². The van der Waals surface area contributed by atoms with Crippen LogP contribution in [0.2, 0.25) is 0 Å². The van der Waals surface area contributed by atoms with Gasteiger partial charge in [-0.05, 0) is 62.8 Å². The molecule has 0 aliphatic rings.